The van der Waals surface area contributed by atoms with Crippen LogP contribution < -0.4 is 15.4 Å². The number of thiocarbonyl (C=S) groups is 1. The Balaban J connectivity index is 1.53. The van der Waals surface area contributed by atoms with E-state index < -0.39 is 0 Å². The molecule has 2 aromatic carbocycles. The summed E-state index contributed by atoms with van der Waals surface area (Å²) in [7, 11) is 0. The standard InChI is InChI=1S/C20H22N4O2S/c1-13(2)25-16-10-8-15(9-11-16)22-20(27)21-12-18-23-19(24-26-18)17-7-5-4-6-14(17)3/h4-11,13H,12H2,1-3H3,(H2,21,22,27). The molecule has 27 heavy (non-hydrogen) atoms. The van der Waals surface area contributed by atoms with Gasteiger partial charge in [-0.1, -0.05) is 29.4 Å². The summed E-state index contributed by atoms with van der Waals surface area (Å²) in [4.78, 5) is 4.42. The van der Waals surface area contributed by atoms with Crippen molar-refractivity contribution >= 4 is 23.0 Å². The molecule has 3 rings (SSSR count). The molecule has 0 aliphatic rings. The average Bonchev–Trinajstić information content (AvgIpc) is 3.10. The maximum absolute atomic E-state index is 5.62. The van der Waals surface area contributed by atoms with Crippen LogP contribution in [0.4, 0.5) is 5.69 Å². The van der Waals surface area contributed by atoms with Gasteiger partial charge in [-0.3, -0.25) is 0 Å². The van der Waals surface area contributed by atoms with Gasteiger partial charge < -0.3 is 19.9 Å². The van der Waals surface area contributed by atoms with Crippen LogP contribution in [0.1, 0.15) is 25.3 Å². The third kappa shape index (κ3) is 5.27. The van der Waals surface area contributed by atoms with Crippen molar-refractivity contribution in [2.75, 3.05) is 5.32 Å². The summed E-state index contributed by atoms with van der Waals surface area (Å²) in [6.45, 7) is 6.35. The van der Waals surface area contributed by atoms with Crippen molar-refractivity contribution in [3.8, 4) is 17.1 Å². The molecule has 7 heteroatoms. The third-order valence-electron chi connectivity index (χ3n) is 3.74. The molecule has 0 bridgehead atoms. The first-order chi connectivity index (χ1) is 13.0. The minimum absolute atomic E-state index is 0.144. The summed E-state index contributed by atoms with van der Waals surface area (Å²) in [5.74, 6) is 1.87. The van der Waals surface area contributed by atoms with Gasteiger partial charge in [0.1, 0.15) is 5.75 Å². The van der Waals surface area contributed by atoms with Crippen molar-refractivity contribution in [1.29, 1.82) is 0 Å². The summed E-state index contributed by atoms with van der Waals surface area (Å²) in [6, 6.07) is 15.5. The minimum Gasteiger partial charge on any atom is -0.491 e. The molecular formula is C20H22N4O2S. The van der Waals surface area contributed by atoms with Crippen molar-refractivity contribution in [3.05, 3.63) is 60.0 Å². The Labute approximate surface area is 163 Å². The van der Waals surface area contributed by atoms with E-state index in [9.17, 15) is 0 Å². The van der Waals surface area contributed by atoms with Crippen LogP contribution in [0.3, 0.4) is 0 Å². The zero-order valence-corrected chi connectivity index (χ0v) is 16.3. The largest absolute Gasteiger partial charge is 0.491 e. The smallest absolute Gasteiger partial charge is 0.246 e. The van der Waals surface area contributed by atoms with Crippen molar-refractivity contribution in [1.82, 2.24) is 15.5 Å². The van der Waals surface area contributed by atoms with Gasteiger partial charge in [-0.25, -0.2) is 0 Å². The van der Waals surface area contributed by atoms with Gasteiger partial charge in [0.2, 0.25) is 11.7 Å². The molecule has 1 aromatic heterocycles. The molecule has 0 amide bonds. The molecule has 0 fully saturated rings. The van der Waals surface area contributed by atoms with Gasteiger partial charge in [-0.05, 0) is 62.8 Å². The molecule has 0 spiro atoms. The number of nitrogens with zero attached hydrogens (tertiary/aromatic N) is 2. The summed E-state index contributed by atoms with van der Waals surface area (Å²) in [6.07, 6.45) is 0.144. The highest BCUT2D eigenvalue weighted by Gasteiger charge is 2.10. The molecule has 0 aliphatic heterocycles. The Morgan fingerprint density at radius 1 is 1.15 bits per heavy atom. The van der Waals surface area contributed by atoms with E-state index >= 15 is 0 Å². The van der Waals surface area contributed by atoms with Gasteiger partial charge in [-0.2, -0.15) is 4.98 Å². The number of rotatable bonds is 6. The number of nitrogens with one attached hydrogen (secondary N) is 2. The quantitative estimate of drug-likeness (QED) is 0.615. The number of ether oxygens (including phenoxy) is 1. The molecule has 0 radical (unpaired) electrons. The zero-order chi connectivity index (χ0) is 19.2. The second kappa shape index (κ2) is 8.64. The predicted molar refractivity (Wildman–Crippen MR) is 110 cm³/mol. The van der Waals surface area contributed by atoms with Crippen LogP contribution in [0.15, 0.2) is 53.1 Å². The predicted octanol–water partition coefficient (Wildman–Crippen LogP) is 4.32. The van der Waals surface area contributed by atoms with Crippen LogP contribution in [0.2, 0.25) is 0 Å². The van der Waals surface area contributed by atoms with Crippen LogP contribution >= 0.6 is 12.2 Å². The maximum Gasteiger partial charge on any atom is 0.246 e. The number of anilines is 1. The van der Waals surface area contributed by atoms with Crippen LogP contribution in [0.5, 0.6) is 5.75 Å². The van der Waals surface area contributed by atoms with E-state index in [1.165, 1.54) is 0 Å². The molecule has 0 aliphatic carbocycles. The monoisotopic (exact) mass is 382 g/mol. The fraction of sp³-hybridized carbons (Fsp3) is 0.250. The van der Waals surface area contributed by atoms with Crippen LogP contribution in [-0.4, -0.2) is 21.4 Å². The maximum atomic E-state index is 5.62. The van der Waals surface area contributed by atoms with Crippen LogP contribution in [0, 0.1) is 6.92 Å². The van der Waals surface area contributed by atoms with Crippen molar-refractivity contribution in [2.24, 2.45) is 0 Å². The van der Waals surface area contributed by atoms with Gasteiger partial charge >= 0.3 is 0 Å². The molecule has 6 nitrogen and oxygen atoms in total. The Bertz CT molecular complexity index is 906. The number of aromatic nitrogens is 2. The topological polar surface area (TPSA) is 72.2 Å². The van der Waals surface area contributed by atoms with E-state index in [1.807, 2.05) is 69.3 Å². The van der Waals surface area contributed by atoms with Crippen molar-refractivity contribution in [2.45, 2.75) is 33.4 Å². The third-order valence-corrected chi connectivity index (χ3v) is 3.98. The fourth-order valence-corrected chi connectivity index (χ4v) is 2.67. The van der Waals surface area contributed by atoms with Gasteiger partial charge in [0.25, 0.3) is 0 Å². The molecule has 0 saturated carbocycles. The van der Waals surface area contributed by atoms with E-state index in [1.54, 1.807) is 0 Å². The minimum atomic E-state index is 0.144. The molecule has 140 valence electrons. The molecule has 3 aromatic rings. The van der Waals surface area contributed by atoms with E-state index in [-0.39, 0.29) is 6.10 Å². The lowest BCUT2D eigenvalue weighted by molar-refractivity contribution is 0.242. The molecular weight excluding hydrogens is 360 g/mol. The van der Waals surface area contributed by atoms with Gasteiger partial charge in [0, 0.05) is 11.3 Å². The number of aryl methyl sites for hydroxylation is 1. The summed E-state index contributed by atoms with van der Waals surface area (Å²) >= 11 is 5.32. The number of benzene rings is 2. The van der Waals surface area contributed by atoms with Gasteiger partial charge in [0.05, 0.1) is 12.6 Å². The first-order valence-electron chi connectivity index (χ1n) is 8.71. The van der Waals surface area contributed by atoms with E-state index in [4.69, 9.17) is 21.5 Å². The van der Waals surface area contributed by atoms with E-state index in [2.05, 4.69) is 20.8 Å². The van der Waals surface area contributed by atoms with Crippen LogP contribution in [0.25, 0.3) is 11.4 Å². The normalized spacial score (nSPS) is 10.7. The summed E-state index contributed by atoms with van der Waals surface area (Å²) in [5, 5.41) is 10.7. The molecule has 1 heterocycles. The highest BCUT2D eigenvalue weighted by Crippen LogP contribution is 2.20. The van der Waals surface area contributed by atoms with Gasteiger partial charge in [-0.15, -0.1) is 0 Å². The summed E-state index contributed by atoms with van der Waals surface area (Å²) < 4.78 is 10.9. The Kier molecular flexibility index (Phi) is 6.03. The Morgan fingerprint density at radius 2 is 1.89 bits per heavy atom. The highest BCUT2D eigenvalue weighted by molar-refractivity contribution is 7.80. The van der Waals surface area contributed by atoms with Crippen LogP contribution in [-0.2, 0) is 6.54 Å². The first-order valence-corrected chi connectivity index (χ1v) is 9.12. The second-order valence-electron chi connectivity index (χ2n) is 6.33. The summed E-state index contributed by atoms with van der Waals surface area (Å²) in [5.41, 5.74) is 2.92. The van der Waals surface area contributed by atoms with E-state index in [0.29, 0.717) is 23.4 Å². The molecule has 0 saturated heterocycles. The lowest BCUT2D eigenvalue weighted by atomic mass is 10.1. The SMILES string of the molecule is Cc1ccccc1-c1noc(CNC(=S)Nc2ccc(OC(C)C)cc2)n1. The lowest BCUT2D eigenvalue weighted by Gasteiger charge is -2.12. The first kappa shape index (κ1) is 18.8. The fourth-order valence-electron chi connectivity index (χ4n) is 2.48. The van der Waals surface area contributed by atoms with Gasteiger partial charge in [0.15, 0.2) is 5.11 Å². The molecule has 0 atom stereocenters. The average molecular weight is 382 g/mol. The molecule has 0 unspecified atom stereocenters. The number of hydrogen-bond donors (Lipinski definition) is 2. The highest BCUT2D eigenvalue weighted by atomic mass is 32.1. The lowest BCUT2D eigenvalue weighted by Crippen LogP contribution is -2.28. The zero-order valence-electron chi connectivity index (χ0n) is 15.5. The second-order valence-corrected chi connectivity index (χ2v) is 6.73. The Hall–Kier alpha value is -2.93. The van der Waals surface area contributed by atoms with Crippen molar-refractivity contribution < 1.29 is 9.26 Å². The van der Waals surface area contributed by atoms with E-state index in [0.717, 1.165) is 22.6 Å². The molecule has 2 N–H and O–H groups in total. The van der Waals surface area contributed by atoms with Crippen molar-refractivity contribution in [3.63, 3.8) is 0 Å². The number of hydrogen-bond acceptors (Lipinski definition) is 5. The Morgan fingerprint density at radius 3 is 2.59 bits per heavy atom.